The van der Waals surface area contributed by atoms with E-state index in [1.807, 2.05) is 60.7 Å². The zero-order chi connectivity index (χ0) is 20.3. The first-order valence-corrected chi connectivity index (χ1v) is 10.7. The van der Waals surface area contributed by atoms with Crippen molar-refractivity contribution in [1.29, 1.82) is 0 Å². The van der Waals surface area contributed by atoms with E-state index in [2.05, 4.69) is 15.2 Å². The number of morpholine rings is 1. The lowest BCUT2D eigenvalue weighted by Crippen LogP contribution is -2.36. The summed E-state index contributed by atoms with van der Waals surface area (Å²) in [4.78, 5) is 19.4. The van der Waals surface area contributed by atoms with E-state index in [0.717, 1.165) is 53.0 Å². The Hall–Kier alpha value is -3.16. The SMILES string of the molecule is O=C(NCc1ccc(-c2nc3ccccc3s2)o1)c1ccc(N2CCOCC2)cc1. The minimum atomic E-state index is -0.124. The summed E-state index contributed by atoms with van der Waals surface area (Å²) in [5.41, 5.74) is 2.70. The normalized spacial score (nSPS) is 14.2. The Labute approximate surface area is 178 Å². The molecule has 4 aromatic rings. The molecule has 0 saturated carbocycles. The van der Waals surface area contributed by atoms with Gasteiger partial charge in [0.05, 0.1) is 30.0 Å². The highest BCUT2D eigenvalue weighted by Crippen LogP contribution is 2.31. The van der Waals surface area contributed by atoms with Gasteiger partial charge in [0, 0.05) is 24.3 Å². The standard InChI is InChI=1S/C23H21N3O3S/c27-22(16-5-7-17(8-6-16)26-11-13-28-14-12-26)24-15-18-9-10-20(29-18)23-25-19-3-1-2-4-21(19)30-23/h1-10H,11-15H2,(H,24,27). The minimum absolute atomic E-state index is 0.124. The summed E-state index contributed by atoms with van der Waals surface area (Å²) in [6.07, 6.45) is 0. The molecule has 0 spiro atoms. The summed E-state index contributed by atoms with van der Waals surface area (Å²) in [6.45, 7) is 3.56. The van der Waals surface area contributed by atoms with Crippen molar-refractivity contribution in [3.8, 4) is 10.8 Å². The van der Waals surface area contributed by atoms with Crippen molar-refractivity contribution in [1.82, 2.24) is 10.3 Å². The molecule has 0 atom stereocenters. The van der Waals surface area contributed by atoms with Crippen LogP contribution in [0.1, 0.15) is 16.1 Å². The van der Waals surface area contributed by atoms with Gasteiger partial charge in [-0.15, -0.1) is 11.3 Å². The smallest absolute Gasteiger partial charge is 0.251 e. The van der Waals surface area contributed by atoms with Crippen LogP contribution in [0.4, 0.5) is 5.69 Å². The molecule has 5 rings (SSSR count). The number of hydrogen-bond donors (Lipinski definition) is 1. The molecule has 0 aliphatic carbocycles. The lowest BCUT2D eigenvalue weighted by molar-refractivity contribution is 0.0948. The molecule has 6 nitrogen and oxygen atoms in total. The molecule has 1 fully saturated rings. The summed E-state index contributed by atoms with van der Waals surface area (Å²) in [5, 5.41) is 3.76. The Morgan fingerprint density at radius 2 is 1.83 bits per heavy atom. The van der Waals surface area contributed by atoms with E-state index in [9.17, 15) is 4.79 Å². The van der Waals surface area contributed by atoms with Gasteiger partial charge < -0.3 is 19.4 Å². The van der Waals surface area contributed by atoms with E-state index < -0.39 is 0 Å². The van der Waals surface area contributed by atoms with Crippen molar-refractivity contribution in [2.45, 2.75) is 6.54 Å². The summed E-state index contributed by atoms with van der Waals surface area (Å²) < 4.78 is 12.4. The molecule has 30 heavy (non-hydrogen) atoms. The second-order valence-corrected chi connectivity index (χ2v) is 8.11. The predicted molar refractivity (Wildman–Crippen MR) is 118 cm³/mol. The Kier molecular flexibility index (Phi) is 5.21. The minimum Gasteiger partial charge on any atom is -0.457 e. The Morgan fingerprint density at radius 1 is 1.03 bits per heavy atom. The molecular formula is C23H21N3O3S. The maximum atomic E-state index is 12.5. The number of amides is 1. The highest BCUT2D eigenvalue weighted by Gasteiger charge is 2.14. The van der Waals surface area contributed by atoms with Gasteiger partial charge in [-0.3, -0.25) is 4.79 Å². The summed E-state index contributed by atoms with van der Waals surface area (Å²) in [5.74, 6) is 1.29. The fourth-order valence-corrected chi connectivity index (χ4v) is 4.41. The number of para-hydroxylation sites is 1. The molecule has 7 heteroatoms. The van der Waals surface area contributed by atoms with E-state index in [1.165, 1.54) is 0 Å². The zero-order valence-electron chi connectivity index (χ0n) is 16.3. The largest absolute Gasteiger partial charge is 0.457 e. The van der Waals surface area contributed by atoms with Crippen molar-refractivity contribution in [3.05, 3.63) is 72.0 Å². The molecule has 0 unspecified atom stereocenters. The molecule has 1 saturated heterocycles. The van der Waals surface area contributed by atoms with Crippen LogP contribution in [-0.4, -0.2) is 37.2 Å². The van der Waals surface area contributed by atoms with Crippen molar-refractivity contribution in [2.75, 3.05) is 31.2 Å². The lowest BCUT2D eigenvalue weighted by atomic mass is 10.1. The molecule has 152 valence electrons. The summed E-state index contributed by atoms with van der Waals surface area (Å²) in [7, 11) is 0. The van der Waals surface area contributed by atoms with Crippen LogP contribution in [-0.2, 0) is 11.3 Å². The van der Waals surface area contributed by atoms with Crippen LogP contribution in [0.15, 0.2) is 65.1 Å². The number of nitrogens with one attached hydrogen (secondary N) is 1. The van der Waals surface area contributed by atoms with Gasteiger partial charge >= 0.3 is 0 Å². The molecule has 1 N–H and O–H groups in total. The first-order chi connectivity index (χ1) is 14.8. The Morgan fingerprint density at radius 3 is 2.63 bits per heavy atom. The number of furan rings is 1. The molecule has 3 heterocycles. The van der Waals surface area contributed by atoms with Crippen LogP contribution in [0.5, 0.6) is 0 Å². The van der Waals surface area contributed by atoms with Crippen molar-refractivity contribution >= 4 is 33.1 Å². The average Bonchev–Trinajstić information content (AvgIpc) is 3.45. The third-order valence-corrected chi connectivity index (χ3v) is 6.15. The van der Waals surface area contributed by atoms with Gasteiger partial charge in [-0.2, -0.15) is 0 Å². The Balaban J connectivity index is 1.21. The molecule has 0 radical (unpaired) electrons. The lowest BCUT2D eigenvalue weighted by Gasteiger charge is -2.28. The molecule has 1 amide bonds. The second-order valence-electron chi connectivity index (χ2n) is 7.08. The van der Waals surface area contributed by atoms with Gasteiger partial charge in [0.15, 0.2) is 10.8 Å². The average molecular weight is 420 g/mol. The van der Waals surface area contributed by atoms with Gasteiger partial charge in [-0.25, -0.2) is 4.98 Å². The quantitative estimate of drug-likeness (QED) is 0.522. The first-order valence-electron chi connectivity index (χ1n) is 9.92. The predicted octanol–water partition coefficient (Wildman–Crippen LogP) is 4.32. The molecule has 1 aliphatic rings. The first kappa shape index (κ1) is 18.8. The number of carbonyl (C=O) groups excluding carboxylic acids is 1. The number of nitrogens with zero attached hydrogens (tertiary/aromatic N) is 2. The van der Waals surface area contributed by atoms with Crippen molar-refractivity contribution < 1.29 is 13.9 Å². The van der Waals surface area contributed by atoms with Gasteiger partial charge in [-0.1, -0.05) is 12.1 Å². The van der Waals surface area contributed by atoms with Gasteiger partial charge in [0.25, 0.3) is 5.91 Å². The van der Waals surface area contributed by atoms with E-state index in [-0.39, 0.29) is 5.91 Å². The summed E-state index contributed by atoms with van der Waals surface area (Å²) in [6, 6.07) is 19.5. The maximum absolute atomic E-state index is 12.5. The number of ether oxygens (including phenoxy) is 1. The molecule has 2 aromatic heterocycles. The van der Waals surface area contributed by atoms with Crippen LogP contribution in [0.2, 0.25) is 0 Å². The maximum Gasteiger partial charge on any atom is 0.251 e. The van der Waals surface area contributed by atoms with E-state index in [4.69, 9.17) is 9.15 Å². The monoisotopic (exact) mass is 419 g/mol. The zero-order valence-corrected chi connectivity index (χ0v) is 17.2. The number of carbonyl (C=O) groups is 1. The third-order valence-electron chi connectivity index (χ3n) is 5.10. The third kappa shape index (κ3) is 3.94. The van der Waals surface area contributed by atoms with Gasteiger partial charge in [0.1, 0.15) is 5.76 Å². The fourth-order valence-electron chi connectivity index (χ4n) is 3.48. The van der Waals surface area contributed by atoms with E-state index in [1.54, 1.807) is 11.3 Å². The van der Waals surface area contributed by atoms with Crippen molar-refractivity contribution in [2.24, 2.45) is 0 Å². The van der Waals surface area contributed by atoms with Crippen molar-refractivity contribution in [3.63, 3.8) is 0 Å². The van der Waals surface area contributed by atoms with Crippen LogP contribution in [0.3, 0.4) is 0 Å². The highest BCUT2D eigenvalue weighted by atomic mass is 32.1. The van der Waals surface area contributed by atoms with Crippen LogP contribution in [0, 0.1) is 0 Å². The van der Waals surface area contributed by atoms with E-state index >= 15 is 0 Å². The van der Waals surface area contributed by atoms with Gasteiger partial charge in [0.2, 0.25) is 0 Å². The molecule has 1 aliphatic heterocycles. The molecule has 2 aromatic carbocycles. The Bertz CT molecular complexity index is 1130. The van der Waals surface area contributed by atoms with Crippen LogP contribution >= 0.6 is 11.3 Å². The second kappa shape index (κ2) is 8.30. The number of aromatic nitrogens is 1. The fraction of sp³-hybridized carbons (Fsp3) is 0.217. The van der Waals surface area contributed by atoms with Crippen LogP contribution < -0.4 is 10.2 Å². The number of rotatable bonds is 5. The number of hydrogen-bond acceptors (Lipinski definition) is 6. The number of anilines is 1. The topological polar surface area (TPSA) is 67.6 Å². The molecular weight excluding hydrogens is 398 g/mol. The highest BCUT2D eigenvalue weighted by molar-refractivity contribution is 7.21. The van der Waals surface area contributed by atoms with E-state index in [0.29, 0.717) is 17.9 Å². The number of fused-ring (bicyclic) bond motifs is 1. The number of benzene rings is 2. The van der Waals surface area contributed by atoms with Crippen LogP contribution in [0.25, 0.3) is 21.0 Å². The summed E-state index contributed by atoms with van der Waals surface area (Å²) >= 11 is 1.59. The number of thiazole rings is 1. The molecule has 0 bridgehead atoms. The van der Waals surface area contributed by atoms with Gasteiger partial charge in [-0.05, 0) is 48.5 Å².